The molecule has 1 aromatic carbocycles. The lowest BCUT2D eigenvalue weighted by molar-refractivity contribution is 0.102. The molecule has 1 aliphatic carbocycles. The summed E-state index contributed by atoms with van der Waals surface area (Å²) in [5.41, 5.74) is 1.43. The van der Waals surface area contributed by atoms with Crippen LogP contribution in [0.1, 0.15) is 36.0 Å². The summed E-state index contributed by atoms with van der Waals surface area (Å²) in [5, 5.41) is 10.7. The molecule has 0 radical (unpaired) electrons. The van der Waals surface area contributed by atoms with Crippen molar-refractivity contribution in [2.24, 2.45) is 0 Å². The first-order chi connectivity index (χ1) is 13.2. The summed E-state index contributed by atoms with van der Waals surface area (Å²) < 4.78 is 2.64. The third-order valence-corrected chi connectivity index (χ3v) is 5.16. The van der Waals surface area contributed by atoms with E-state index in [0.29, 0.717) is 17.4 Å². The van der Waals surface area contributed by atoms with Crippen molar-refractivity contribution < 1.29 is 4.79 Å². The van der Waals surface area contributed by atoms with Gasteiger partial charge in [-0.3, -0.25) is 4.79 Å². The van der Waals surface area contributed by atoms with Crippen LogP contribution >= 0.6 is 15.9 Å². The van der Waals surface area contributed by atoms with E-state index in [2.05, 4.69) is 36.6 Å². The van der Waals surface area contributed by atoms with Crippen molar-refractivity contribution in [3.8, 4) is 5.69 Å². The highest BCUT2D eigenvalue weighted by molar-refractivity contribution is 9.10. The average molecular weight is 426 g/mol. The second-order valence-electron chi connectivity index (χ2n) is 6.62. The standard InChI is InChI=1S/C20H20BrN5O/c21-15-4-3-7-17(13-15)26-19(9-11-23-26)25-20(27)14-8-10-22-18(12-14)24-16-5-1-2-6-16/h3-4,7-13,16H,1-2,5-6H2,(H,22,24)(H,25,27). The number of pyridine rings is 1. The monoisotopic (exact) mass is 425 g/mol. The van der Waals surface area contributed by atoms with Gasteiger partial charge in [0.05, 0.1) is 11.9 Å². The number of nitrogens with one attached hydrogen (secondary N) is 2. The van der Waals surface area contributed by atoms with E-state index in [4.69, 9.17) is 0 Å². The number of halogens is 1. The molecule has 0 unspecified atom stereocenters. The minimum Gasteiger partial charge on any atom is -0.367 e. The fourth-order valence-electron chi connectivity index (χ4n) is 3.33. The Bertz CT molecular complexity index is 949. The van der Waals surface area contributed by atoms with E-state index in [-0.39, 0.29) is 5.91 Å². The van der Waals surface area contributed by atoms with Crippen LogP contribution in [0, 0.1) is 0 Å². The van der Waals surface area contributed by atoms with Gasteiger partial charge in [-0.2, -0.15) is 5.10 Å². The first-order valence-corrected chi connectivity index (χ1v) is 9.82. The topological polar surface area (TPSA) is 71.8 Å². The molecule has 2 N–H and O–H groups in total. The summed E-state index contributed by atoms with van der Waals surface area (Å²) >= 11 is 3.46. The van der Waals surface area contributed by atoms with Gasteiger partial charge in [0.1, 0.15) is 11.6 Å². The van der Waals surface area contributed by atoms with E-state index < -0.39 is 0 Å². The van der Waals surface area contributed by atoms with Gasteiger partial charge < -0.3 is 10.6 Å². The van der Waals surface area contributed by atoms with Crippen molar-refractivity contribution in [3.05, 3.63) is 64.9 Å². The van der Waals surface area contributed by atoms with Crippen molar-refractivity contribution in [3.63, 3.8) is 0 Å². The quantitative estimate of drug-likeness (QED) is 0.624. The Hall–Kier alpha value is -2.67. The van der Waals surface area contributed by atoms with Gasteiger partial charge in [0, 0.05) is 28.3 Å². The summed E-state index contributed by atoms with van der Waals surface area (Å²) in [6.45, 7) is 0. The van der Waals surface area contributed by atoms with Crippen molar-refractivity contribution in [2.45, 2.75) is 31.7 Å². The normalized spacial score (nSPS) is 14.3. The highest BCUT2D eigenvalue weighted by Gasteiger charge is 2.16. The molecule has 0 spiro atoms. The van der Waals surface area contributed by atoms with Crippen LogP contribution in [0.3, 0.4) is 0 Å². The number of hydrogen-bond acceptors (Lipinski definition) is 4. The van der Waals surface area contributed by atoms with Crippen molar-refractivity contribution in [1.82, 2.24) is 14.8 Å². The molecule has 7 heteroatoms. The number of amides is 1. The number of benzene rings is 1. The third-order valence-electron chi connectivity index (χ3n) is 4.67. The number of carbonyl (C=O) groups is 1. The molecular formula is C20H20BrN5O. The summed E-state index contributed by atoms with van der Waals surface area (Å²) in [7, 11) is 0. The van der Waals surface area contributed by atoms with E-state index in [1.807, 2.05) is 24.3 Å². The van der Waals surface area contributed by atoms with Crippen molar-refractivity contribution in [2.75, 3.05) is 10.6 Å². The Morgan fingerprint density at radius 1 is 1.11 bits per heavy atom. The van der Waals surface area contributed by atoms with Crippen molar-refractivity contribution in [1.29, 1.82) is 0 Å². The molecule has 1 fully saturated rings. The average Bonchev–Trinajstić information content (AvgIpc) is 3.34. The first kappa shape index (κ1) is 17.7. The van der Waals surface area contributed by atoms with Gasteiger partial charge in [0.2, 0.25) is 0 Å². The minimum atomic E-state index is -0.191. The molecule has 1 amide bonds. The Balaban J connectivity index is 1.51. The van der Waals surface area contributed by atoms with Gasteiger partial charge in [-0.15, -0.1) is 0 Å². The highest BCUT2D eigenvalue weighted by atomic mass is 79.9. The summed E-state index contributed by atoms with van der Waals surface area (Å²) in [5.74, 6) is 1.17. The van der Waals surface area contributed by atoms with Crippen LogP contribution < -0.4 is 10.6 Å². The van der Waals surface area contributed by atoms with Crippen LogP contribution in [0.25, 0.3) is 5.69 Å². The third kappa shape index (κ3) is 4.19. The van der Waals surface area contributed by atoms with Gasteiger partial charge in [-0.1, -0.05) is 34.8 Å². The van der Waals surface area contributed by atoms with Crippen LogP contribution in [0.2, 0.25) is 0 Å². The second-order valence-corrected chi connectivity index (χ2v) is 7.53. The molecule has 1 aliphatic rings. The number of carbonyl (C=O) groups excluding carboxylic acids is 1. The predicted molar refractivity (Wildman–Crippen MR) is 109 cm³/mol. The predicted octanol–water partition coefficient (Wildman–Crippen LogP) is 4.64. The van der Waals surface area contributed by atoms with Crippen molar-refractivity contribution >= 4 is 33.5 Å². The fraction of sp³-hybridized carbons (Fsp3) is 0.250. The smallest absolute Gasteiger partial charge is 0.257 e. The van der Waals surface area contributed by atoms with E-state index >= 15 is 0 Å². The Kier molecular flexibility index (Phi) is 5.20. The highest BCUT2D eigenvalue weighted by Crippen LogP contribution is 2.22. The molecule has 0 bridgehead atoms. The molecule has 4 rings (SSSR count). The maximum atomic E-state index is 12.7. The maximum Gasteiger partial charge on any atom is 0.257 e. The molecule has 0 aliphatic heterocycles. The van der Waals surface area contributed by atoms with Gasteiger partial charge >= 0.3 is 0 Å². The van der Waals surface area contributed by atoms with Crippen LogP contribution in [0.4, 0.5) is 11.6 Å². The van der Waals surface area contributed by atoms with Crippen LogP contribution in [-0.4, -0.2) is 26.7 Å². The first-order valence-electron chi connectivity index (χ1n) is 9.03. The Morgan fingerprint density at radius 3 is 2.78 bits per heavy atom. The van der Waals surface area contributed by atoms with Crippen LogP contribution in [0.5, 0.6) is 0 Å². The maximum absolute atomic E-state index is 12.7. The van der Waals surface area contributed by atoms with E-state index in [1.165, 1.54) is 12.8 Å². The van der Waals surface area contributed by atoms with Crippen LogP contribution in [0.15, 0.2) is 59.3 Å². The molecule has 0 saturated heterocycles. The molecular weight excluding hydrogens is 406 g/mol. The largest absolute Gasteiger partial charge is 0.367 e. The Labute approximate surface area is 166 Å². The SMILES string of the molecule is O=C(Nc1ccnn1-c1cccc(Br)c1)c1ccnc(NC2CCCC2)c1. The number of anilines is 2. The van der Waals surface area contributed by atoms with E-state index in [9.17, 15) is 4.79 Å². The lowest BCUT2D eigenvalue weighted by Crippen LogP contribution is -2.18. The molecule has 2 aromatic heterocycles. The zero-order valence-corrected chi connectivity index (χ0v) is 16.3. The molecule has 0 atom stereocenters. The molecule has 1 saturated carbocycles. The summed E-state index contributed by atoms with van der Waals surface area (Å²) in [6, 6.07) is 13.5. The summed E-state index contributed by atoms with van der Waals surface area (Å²) in [4.78, 5) is 17.1. The molecule has 3 aromatic rings. The number of hydrogen-bond donors (Lipinski definition) is 2. The van der Waals surface area contributed by atoms with Gasteiger partial charge in [-0.05, 0) is 43.2 Å². The van der Waals surface area contributed by atoms with Gasteiger partial charge in [0.25, 0.3) is 5.91 Å². The molecule has 27 heavy (non-hydrogen) atoms. The zero-order valence-electron chi connectivity index (χ0n) is 14.7. The molecule has 2 heterocycles. The Morgan fingerprint density at radius 2 is 1.96 bits per heavy atom. The summed E-state index contributed by atoms with van der Waals surface area (Å²) in [6.07, 6.45) is 8.14. The van der Waals surface area contributed by atoms with E-state index in [1.54, 1.807) is 35.3 Å². The number of rotatable bonds is 5. The van der Waals surface area contributed by atoms with E-state index in [0.717, 1.165) is 28.8 Å². The molecule has 138 valence electrons. The zero-order chi connectivity index (χ0) is 18.6. The van der Waals surface area contributed by atoms with Gasteiger partial charge in [-0.25, -0.2) is 9.67 Å². The minimum absolute atomic E-state index is 0.191. The van der Waals surface area contributed by atoms with Crippen LogP contribution in [-0.2, 0) is 0 Å². The molecule has 6 nitrogen and oxygen atoms in total. The van der Waals surface area contributed by atoms with Gasteiger partial charge in [0.15, 0.2) is 0 Å². The number of nitrogens with zero attached hydrogens (tertiary/aromatic N) is 3. The lowest BCUT2D eigenvalue weighted by atomic mass is 10.2. The lowest BCUT2D eigenvalue weighted by Gasteiger charge is -2.13. The number of aromatic nitrogens is 3. The second kappa shape index (κ2) is 7.92. The fourth-order valence-corrected chi connectivity index (χ4v) is 3.72.